The van der Waals surface area contributed by atoms with Crippen LogP contribution in [0, 0.1) is 0 Å². The highest BCUT2D eigenvalue weighted by Gasteiger charge is 2.12. The van der Waals surface area contributed by atoms with Crippen LogP contribution in [0.25, 0.3) is 0 Å². The van der Waals surface area contributed by atoms with E-state index in [1.54, 1.807) is 12.1 Å². The molecule has 1 aromatic rings. The van der Waals surface area contributed by atoms with Gasteiger partial charge in [-0.3, -0.25) is 4.79 Å². The van der Waals surface area contributed by atoms with Gasteiger partial charge in [-0.2, -0.15) is 12.6 Å². The molecule has 1 atom stereocenters. The third-order valence-electron chi connectivity index (χ3n) is 1.24. The fourth-order valence-electron chi connectivity index (χ4n) is 0.747. The zero-order valence-electron chi connectivity index (χ0n) is 5.73. The van der Waals surface area contributed by atoms with E-state index in [-0.39, 0.29) is 11.7 Å². The minimum absolute atomic E-state index is 0.0172. The third kappa shape index (κ3) is 2.31. The molecule has 1 heterocycles. The molecular formula is C7H8O3S. The Balaban J connectivity index is 2.56. The van der Waals surface area contributed by atoms with Gasteiger partial charge in [-0.1, -0.05) is 0 Å². The molecule has 0 aliphatic heterocycles. The Bertz CT molecular complexity index is 230. The summed E-state index contributed by atoms with van der Waals surface area (Å²) in [5.41, 5.74) is 0. The predicted molar refractivity (Wildman–Crippen MR) is 42.7 cm³/mol. The fourth-order valence-corrected chi connectivity index (χ4v) is 1.05. The van der Waals surface area contributed by atoms with E-state index in [4.69, 9.17) is 9.52 Å². The van der Waals surface area contributed by atoms with Gasteiger partial charge in [-0.25, -0.2) is 0 Å². The maximum atomic E-state index is 10.2. The fraction of sp³-hybridized carbons (Fsp3) is 0.286. The van der Waals surface area contributed by atoms with Gasteiger partial charge in [0.2, 0.25) is 0 Å². The normalized spacial score (nSPS) is 12.8. The number of hydrogen-bond acceptors (Lipinski definition) is 3. The summed E-state index contributed by atoms with van der Waals surface area (Å²) < 4.78 is 4.96. The lowest BCUT2D eigenvalue weighted by Crippen LogP contribution is -1.99. The Morgan fingerprint density at radius 3 is 3.00 bits per heavy atom. The standard InChI is InChI=1S/C7H8O3S/c8-7(9)4-6(11)5-2-1-3-10-5/h1-3,6,11H,4H2,(H,8,9). The van der Waals surface area contributed by atoms with Crippen molar-refractivity contribution in [3.63, 3.8) is 0 Å². The lowest BCUT2D eigenvalue weighted by Gasteiger charge is -2.01. The minimum atomic E-state index is -0.874. The highest BCUT2D eigenvalue weighted by Crippen LogP contribution is 2.23. The molecule has 0 amide bonds. The van der Waals surface area contributed by atoms with Crippen LogP contribution in [-0.4, -0.2) is 11.1 Å². The van der Waals surface area contributed by atoms with Gasteiger partial charge >= 0.3 is 5.97 Å². The van der Waals surface area contributed by atoms with Crippen LogP contribution in [-0.2, 0) is 4.79 Å². The molecule has 1 rings (SSSR count). The van der Waals surface area contributed by atoms with Crippen molar-refractivity contribution in [1.29, 1.82) is 0 Å². The van der Waals surface area contributed by atoms with E-state index < -0.39 is 5.97 Å². The van der Waals surface area contributed by atoms with E-state index in [2.05, 4.69) is 12.6 Å². The van der Waals surface area contributed by atoms with Crippen LogP contribution >= 0.6 is 12.6 Å². The number of carboxylic acids is 1. The quantitative estimate of drug-likeness (QED) is 0.682. The van der Waals surface area contributed by atoms with Gasteiger partial charge in [-0.05, 0) is 12.1 Å². The molecule has 0 aromatic carbocycles. The number of carbonyl (C=O) groups is 1. The topological polar surface area (TPSA) is 50.4 Å². The monoisotopic (exact) mass is 172 g/mol. The van der Waals surface area contributed by atoms with Gasteiger partial charge in [0.05, 0.1) is 17.9 Å². The molecule has 1 unspecified atom stereocenters. The van der Waals surface area contributed by atoms with E-state index in [9.17, 15) is 4.79 Å². The molecule has 0 radical (unpaired) electrons. The van der Waals surface area contributed by atoms with Crippen LogP contribution in [0.3, 0.4) is 0 Å². The van der Waals surface area contributed by atoms with Crippen LogP contribution in [0.15, 0.2) is 22.8 Å². The van der Waals surface area contributed by atoms with Gasteiger partial charge in [0.1, 0.15) is 5.76 Å². The molecule has 4 heteroatoms. The SMILES string of the molecule is O=C(O)CC(S)c1ccco1. The average Bonchev–Trinajstić information content (AvgIpc) is 2.35. The van der Waals surface area contributed by atoms with Crippen LogP contribution in [0.4, 0.5) is 0 Å². The Labute approximate surface area is 69.4 Å². The van der Waals surface area contributed by atoms with E-state index in [0.29, 0.717) is 5.76 Å². The summed E-state index contributed by atoms with van der Waals surface area (Å²) in [5, 5.41) is 8.05. The molecule has 0 saturated heterocycles. The first-order chi connectivity index (χ1) is 5.20. The molecule has 0 aliphatic rings. The van der Waals surface area contributed by atoms with Gasteiger partial charge < -0.3 is 9.52 Å². The summed E-state index contributed by atoms with van der Waals surface area (Å²) >= 11 is 4.05. The molecule has 3 nitrogen and oxygen atoms in total. The Hall–Kier alpha value is -0.900. The van der Waals surface area contributed by atoms with E-state index >= 15 is 0 Å². The second-order valence-electron chi connectivity index (χ2n) is 2.13. The third-order valence-corrected chi connectivity index (χ3v) is 1.68. The highest BCUT2D eigenvalue weighted by atomic mass is 32.1. The summed E-state index contributed by atoms with van der Waals surface area (Å²) in [4.78, 5) is 10.2. The van der Waals surface area contributed by atoms with Crippen molar-refractivity contribution in [3.8, 4) is 0 Å². The molecule has 60 valence electrons. The van der Waals surface area contributed by atoms with Crippen molar-refractivity contribution in [2.24, 2.45) is 0 Å². The van der Waals surface area contributed by atoms with E-state index in [1.165, 1.54) is 6.26 Å². The van der Waals surface area contributed by atoms with Crippen molar-refractivity contribution in [2.45, 2.75) is 11.7 Å². The van der Waals surface area contributed by atoms with Crippen molar-refractivity contribution in [3.05, 3.63) is 24.2 Å². The second kappa shape index (κ2) is 3.48. The molecule has 0 aliphatic carbocycles. The van der Waals surface area contributed by atoms with Crippen LogP contribution in [0.2, 0.25) is 0 Å². The summed E-state index contributed by atoms with van der Waals surface area (Å²) in [6, 6.07) is 3.42. The Morgan fingerprint density at radius 2 is 2.55 bits per heavy atom. The van der Waals surface area contributed by atoms with Crippen LogP contribution in [0.5, 0.6) is 0 Å². The van der Waals surface area contributed by atoms with Gasteiger partial charge in [0.15, 0.2) is 0 Å². The summed E-state index contributed by atoms with van der Waals surface area (Å²) in [7, 11) is 0. The van der Waals surface area contributed by atoms with Crippen molar-refractivity contribution in [1.82, 2.24) is 0 Å². The molecule has 0 bridgehead atoms. The zero-order chi connectivity index (χ0) is 8.27. The highest BCUT2D eigenvalue weighted by molar-refractivity contribution is 7.80. The smallest absolute Gasteiger partial charge is 0.304 e. The van der Waals surface area contributed by atoms with Gasteiger partial charge in [-0.15, -0.1) is 0 Å². The molecule has 0 saturated carbocycles. The Morgan fingerprint density at radius 1 is 1.82 bits per heavy atom. The molecule has 0 fully saturated rings. The summed E-state index contributed by atoms with van der Waals surface area (Å²) in [6.45, 7) is 0. The lowest BCUT2D eigenvalue weighted by molar-refractivity contribution is -0.137. The van der Waals surface area contributed by atoms with E-state index in [0.717, 1.165) is 0 Å². The summed E-state index contributed by atoms with van der Waals surface area (Å²) in [5.74, 6) is -0.280. The molecule has 0 spiro atoms. The van der Waals surface area contributed by atoms with Gasteiger partial charge in [0.25, 0.3) is 0 Å². The number of hydrogen-bond donors (Lipinski definition) is 2. The zero-order valence-corrected chi connectivity index (χ0v) is 6.62. The Kier molecular flexibility index (Phi) is 2.59. The molecule has 1 N–H and O–H groups in total. The van der Waals surface area contributed by atoms with E-state index in [1.807, 2.05) is 0 Å². The van der Waals surface area contributed by atoms with Crippen LogP contribution < -0.4 is 0 Å². The number of thiol groups is 1. The van der Waals surface area contributed by atoms with Crippen molar-refractivity contribution in [2.75, 3.05) is 0 Å². The second-order valence-corrected chi connectivity index (χ2v) is 2.75. The van der Waals surface area contributed by atoms with Crippen molar-refractivity contribution < 1.29 is 14.3 Å². The maximum Gasteiger partial charge on any atom is 0.304 e. The molecular weight excluding hydrogens is 164 g/mol. The van der Waals surface area contributed by atoms with Crippen LogP contribution in [0.1, 0.15) is 17.4 Å². The predicted octanol–water partition coefficient (Wildman–Crippen LogP) is 1.73. The maximum absolute atomic E-state index is 10.2. The average molecular weight is 172 g/mol. The number of carboxylic acid groups (broad SMARTS) is 1. The van der Waals surface area contributed by atoms with Crippen molar-refractivity contribution >= 4 is 18.6 Å². The molecule has 1 aromatic heterocycles. The lowest BCUT2D eigenvalue weighted by atomic mass is 10.2. The number of rotatable bonds is 3. The first kappa shape index (κ1) is 8.20. The number of furan rings is 1. The molecule has 11 heavy (non-hydrogen) atoms. The summed E-state index contributed by atoms with van der Waals surface area (Å²) in [6.07, 6.45) is 1.48. The first-order valence-electron chi connectivity index (χ1n) is 3.13. The number of aliphatic carboxylic acids is 1. The largest absolute Gasteiger partial charge is 0.481 e. The van der Waals surface area contributed by atoms with Gasteiger partial charge in [0, 0.05) is 0 Å². The minimum Gasteiger partial charge on any atom is -0.481 e. The first-order valence-corrected chi connectivity index (χ1v) is 3.65.